The number of nitrogens with zero attached hydrogens (tertiary/aromatic N) is 1. The molecule has 0 aliphatic rings. The number of hydrogen-bond donors (Lipinski definition) is 2. The highest BCUT2D eigenvalue weighted by molar-refractivity contribution is 5.89. The minimum atomic E-state index is -0.188. The molecule has 0 unspecified atom stereocenters. The third-order valence-electron chi connectivity index (χ3n) is 4.09. The monoisotopic (exact) mass is 342 g/mol. The Kier molecular flexibility index (Phi) is 6.83. The number of benzene rings is 2. The SMILES string of the molecule is CCCN(Cc1ccccc1O)C(=O)Nc1cccc([C@@H](C)OC)c1. The molecule has 2 rings (SSSR count). The summed E-state index contributed by atoms with van der Waals surface area (Å²) in [5, 5.41) is 12.9. The number of nitrogens with one attached hydrogen (secondary N) is 1. The Morgan fingerprint density at radius 1 is 1.24 bits per heavy atom. The van der Waals surface area contributed by atoms with Gasteiger partial charge in [-0.3, -0.25) is 0 Å². The number of carbonyl (C=O) groups excluding carboxylic acids is 1. The van der Waals surface area contributed by atoms with Crippen molar-refractivity contribution in [2.75, 3.05) is 19.0 Å². The predicted octanol–water partition coefficient (Wildman–Crippen LogP) is 4.54. The van der Waals surface area contributed by atoms with Gasteiger partial charge in [0.2, 0.25) is 0 Å². The highest BCUT2D eigenvalue weighted by Crippen LogP contribution is 2.21. The van der Waals surface area contributed by atoms with E-state index in [0.29, 0.717) is 13.1 Å². The van der Waals surface area contributed by atoms with E-state index in [4.69, 9.17) is 4.74 Å². The van der Waals surface area contributed by atoms with Crippen molar-refractivity contribution in [1.29, 1.82) is 0 Å². The summed E-state index contributed by atoms with van der Waals surface area (Å²) in [6, 6.07) is 14.5. The van der Waals surface area contributed by atoms with E-state index >= 15 is 0 Å². The lowest BCUT2D eigenvalue weighted by molar-refractivity contribution is 0.119. The molecular weight excluding hydrogens is 316 g/mol. The maximum absolute atomic E-state index is 12.7. The van der Waals surface area contributed by atoms with Crippen LogP contribution in [0.1, 0.15) is 37.5 Å². The highest BCUT2D eigenvalue weighted by Gasteiger charge is 2.15. The predicted molar refractivity (Wildman–Crippen MR) is 99.7 cm³/mol. The summed E-state index contributed by atoms with van der Waals surface area (Å²) in [6.07, 6.45) is 0.798. The summed E-state index contributed by atoms with van der Waals surface area (Å²) in [7, 11) is 1.66. The molecule has 2 amide bonds. The molecule has 0 radical (unpaired) electrons. The van der Waals surface area contributed by atoms with Crippen LogP contribution in [0, 0.1) is 0 Å². The number of urea groups is 1. The Balaban J connectivity index is 2.11. The van der Waals surface area contributed by atoms with Gasteiger partial charge in [0.1, 0.15) is 5.75 Å². The van der Waals surface area contributed by atoms with Gasteiger partial charge in [0.05, 0.1) is 12.6 Å². The van der Waals surface area contributed by atoms with Crippen molar-refractivity contribution in [2.24, 2.45) is 0 Å². The van der Waals surface area contributed by atoms with Gasteiger partial charge < -0.3 is 20.1 Å². The highest BCUT2D eigenvalue weighted by atomic mass is 16.5. The van der Waals surface area contributed by atoms with Crippen LogP contribution in [0.2, 0.25) is 0 Å². The van der Waals surface area contributed by atoms with E-state index in [1.807, 2.05) is 50.2 Å². The van der Waals surface area contributed by atoms with Gasteiger partial charge in [-0.2, -0.15) is 0 Å². The zero-order valence-electron chi connectivity index (χ0n) is 15.0. The van der Waals surface area contributed by atoms with Crippen LogP contribution in [0.15, 0.2) is 48.5 Å². The summed E-state index contributed by atoms with van der Waals surface area (Å²) in [6.45, 7) is 4.95. The van der Waals surface area contributed by atoms with Crippen molar-refractivity contribution >= 4 is 11.7 Å². The van der Waals surface area contributed by atoms with Gasteiger partial charge in [0.15, 0.2) is 0 Å². The molecule has 0 aromatic heterocycles. The maximum Gasteiger partial charge on any atom is 0.322 e. The molecule has 0 spiro atoms. The number of phenolic OH excluding ortho intramolecular Hbond substituents is 1. The fourth-order valence-electron chi connectivity index (χ4n) is 2.58. The molecule has 0 saturated heterocycles. The number of methoxy groups -OCH3 is 1. The average molecular weight is 342 g/mol. The van der Waals surface area contributed by atoms with Gasteiger partial charge in [-0.15, -0.1) is 0 Å². The number of amides is 2. The minimum absolute atomic E-state index is 0.0372. The molecule has 0 bridgehead atoms. The molecule has 1 atom stereocenters. The molecule has 2 aromatic carbocycles. The molecule has 0 saturated carbocycles. The Morgan fingerprint density at radius 2 is 2.00 bits per heavy atom. The first kappa shape index (κ1) is 18.8. The smallest absolute Gasteiger partial charge is 0.322 e. The summed E-state index contributed by atoms with van der Waals surface area (Å²) in [4.78, 5) is 14.4. The summed E-state index contributed by atoms with van der Waals surface area (Å²) >= 11 is 0. The third kappa shape index (κ3) is 5.22. The number of aromatic hydroxyl groups is 1. The Labute approximate surface area is 149 Å². The summed E-state index contributed by atoms with van der Waals surface area (Å²) < 4.78 is 5.32. The van der Waals surface area contributed by atoms with Gasteiger partial charge in [0, 0.05) is 24.9 Å². The van der Waals surface area contributed by atoms with Crippen molar-refractivity contribution < 1.29 is 14.6 Å². The van der Waals surface area contributed by atoms with Gasteiger partial charge in [0.25, 0.3) is 0 Å². The first-order valence-electron chi connectivity index (χ1n) is 8.50. The normalized spacial score (nSPS) is 11.8. The maximum atomic E-state index is 12.7. The van der Waals surface area contributed by atoms with E-state index in [2.05, 4.69) is 5.32 Å². The lowest BCUT2D eigenvalue weighted by atomic mass is 10.1. The van der Waals surface area contributed by atoms with Crippen LogP contribution in [-0.4, -0.2) is 29.7 Å². The van der Waals surface area contributed by atoms with Crippen LogP contribution < -0.4 is 5.32 Å². The number of phenols is 1. The van der Waals surface area contributed by atoms with Gasteiger partial charge in [-0.1, -0.05) is 37.3 Å². The van der Waals surface area contributed by atoms with E-state index < -0.39 is 0 Å². The largest absolute Gasteiger partial charge is 0.508 e. The fourth-order valence-corrected chi connectivity index (χ4v) is 2.58. The number of hydrogen-bond acceptors (Lipinski definition) is 3. The van der Waals surface area contributed by atoms with Crippen LogP contribution >= 0.6 is 0 Å². The molecule has 5 nitrogen and oxygen atoms in total. The lowest BCUT2D eigenvalue weighted by Gasteiger charge is -2.23. The van der Waals surface area contributed by atoms with Gasteiger partial charge >= 0.3 is 6.03 Å². The molecule has 0 aliphatic heterocycles. The summed E-state index contributed by atoms with van der Waals surface area (Å²) in [5.74, 6) is 0.201. The Bertz CT molecular complexity index is 703. The molecule has 0 fully saturated rings. The van der Waals surface area contributed by atoms with Crippen LogP contribution in [0.4, 0.5) is 10.5 Å². The van der Waals surface area contributed by atoms with E-state index in [1.165, 1.54) is 0 Å². The second kappa shape index (κ2) is 9.08. The number of carbonyl (C=O) groups is 1. The van der Waals surface area contributed by atoms with Crippen molar-refractivity contribution in [3.05, 3.63) is 59.7 Å². The average Bonchev–Trinajstić information content (AvgIpc) is 2.62. The zero-order valence-corrected chi connectivity index (χ0v) is 15.0. The number of anilines is 1. The number of ether oxygens (including phenoxy) is 1. The molecule has 2 aromatic rings. The molecule has 0 aliphatic carbocycles. The lowest BCUT2D eigenvalue weighted by Crippen LogP contribution is -2.35. The number of para-hydroxylation sites is 1. The molecular formula is C20H26N2O3. The van der Waals surface area contributed by atoms with Crippen LogP contribution in [0.5, 0.6) is 5.75 Å². The van der Waals surface area contributed by atoms with Crippen molar-refractivity contribution in [1.82, 2.24) is 4.90 Å². The first-order chi connectivity index (χ1) is 12.0. The van der Waals surface area contributed by atoms with Crippen LogP contribution in [0.3, 0.4) is 0 Å². The topological polar surface area (TPSA) is 61.8 Å². The molecule has 2 N–H and O–H groups in total. The van der Waals surface area contributed by atoms with Crippen LogP contribution in [-0.2, 0) is 11.3 Å². The van der Waals surface area contributed by atoms with E-state index in [-0.39, 0.29) is 17.9 Å². The summed E-state index contributed by atoms with van der Waals surface area (Å²) in [5.41, 5.74) is 2.46. The second-order valence-electron chi connectivity index (χ2n) is 5.98. The first-order valence-corrected chi connectivity index (χ1v) is 8.50. The standard InChI is InChI=1S/C20H26N2O3/c1-4-12-22(14-17-8-5-6-11-19(17)23)20(24)21-18-10-7-9-16(13-18)15(2)25-3/h5-11,13,15,23H,4,12,14H2,1-3H3,(H,21,24)/t15-/m1/s1. The van der Waals surface area contributed by atoms with Crippen molar-refractivity contribution in [2.45, 2.75) is 32.9 Å². The third-order valence-corrected chi connectivity index (χ3v) is 4.09. The fraction of sp³-hybridized carbons (Fsp3) is 0.350. The van der Waals surface area contributed by atoms with Gasteiger partial charge in [-0.05, 0) is 37.1 Å². The molecule has 0 heterocycles. The molecule has 5 heteroatoms. The van der Waals surface area contributed by atoms with E-state index in [9.17, 15) is 9.90 Å². The minimum Gasteiger partial charge on any atom is -0.508 e. The Morgan fingerprint density at radius 3 is 2.68 bits per heavy atom. The van der Waals surface area contributed by atoms with E-state index in [1.54, 1.807) is 24.1 Å². The van der Waals surface area contributed by atoms with Crippen molar-refractivity contribution in [3.8, 4) is 5.75 Å². The Hall–Kier alpha value is -2.53. The quantitative estimate of drug-likeness (QED) is 0.776. The molecule has 25 heavy (non-hydrogen) atoms. The number of rotatable bonds is 7. The van der Waals surface area contributed by atoms with E-state index in [0.717, 1.165) is 23.2 Å². The van der Waals surface area contributed by atoms with Gasteiger partial charge in [-0.25, -0.2) is 4.79 Å². The zero-order chi connectivity index (χ0) is 18.2. The van der Waals surface area contributed by atoms with Crippen molar-refractivity contribution in [3.63, 3.8) is 0 Å². The molecule has 134 valence electrons. The second-order valence-corrected chi connectivity index (χ2v) is 5.98. The van der Waals surface area contributed by atoms with Crippen LogP contribution in [0.25, 0.3) is 0 Å².